The Hall–Kier alpha value is -3.49. The molecule has 1 atom stereocenters. The van der Waals surface area contributed by atoms with Gasteiger partial charge in [-0.05, 0) is 37.8 Å². The molecule has 1 aromatic carbocycles. The first-order chi connectivity index (χ1) is 17.3. The summed E-state index contributed by atoms with van der Waals surface area (Å²) in [5.74, 6) is -0.789. The molecular weight excluding hydrogens is 458 g/mol. The van der Waals surface area contributed by atoms with Gasteiger partial charge in [-0.3, -0.25) is 14.4 Å². The van der Waals surface area contributed by atoms with Crippen LogP contribution in [0.3, 0.4) is 0 Å². The minimum atomic E-state index is -0.366. The van der Waals surface area contributed by atoms with Crippen LogP contribution in [-0.2, 0) is 14.4 Å². The van der Waals surface area contributed by atoms with Gasteiger partial charge in [-0.2, -0.15) is 4.73 Å². The van der Waals surface area contributed by atoms with E-state index in [0.717, 1.165) is 37.0 Å². The summed E-state index contributed by atoms with van der Waals surface area (Å²) in [6.45, 7) is 11.2. The summed E-state index contributed by atoms with van der Waals surface area (Å²) in [7, 11) is 1.67. The Morgan fingerprint density at radius 3 is 2.28 bits per heavy atom. The molecule has 2 fully saturated rings. The maximum atomic E-state index is 12.2. The lowest BCUT2D eigenvalue weighted by molar-refractivity contribution is -0.130. The molecule has 0 saturated carbocycles. The van der Waals surface area contributed by atoms with E-state index in [4.69, 9.17) is 4.84 Å². The first kappa shape index (κ1) is 28.7. The Kier molecular flexibility index (Phi) is 11.8. The average Bonchev–Trinajstić information content (AvgIpc) is 3.24. The van der Waals surface area contributed by atoms with E-state index in [1.165, 1.54) is 23.8 Å². The predicted octanol–water partition coefficient (Wildman–Crippen LogP) is 2.53. The van der Waals surface area contributed by atoms with Crippen molar-refractivity contribution in [3.05, 3.63) is 48.3 Å². The molecule has 9 heteroatoms. The van der Waals surface area contributed by atoms with Gasteiger partial charge in [0.25, 0.3) is 0 Å². The van der Waals surface area contributed by atoms with Crippen molar-refractivity contribution in [1.82, 2.24) is 25.6 Å². The van der Waals surface area contributed by atoms with Crippen molar-refractivity contribution in [2.75, 3.05) is 33.3 Å². The third-order valence-electron chi connectivity index (χ3n) is 6.14. The predicted molar refractivity (Wildman–Crippen MR) is 142 cm³/mol. The maximum absolute atomic E-state index is 12.2. The van der Waals surface area contributed by atoms with Crippen molar-refractivity contribution in [2.45, 2.75) is 58.9 Å². The Morgan fingerprint density at radius 2 is 1.61 bits per heavy atom. The summed E-state index contributed by atoms with van der Waals surface area (Å²) in [4.78, 5) is 42.3. The Balaban J connectivity index is 0.000000240. The summed E-state index contributed by atoms with van der Waals surface area (Å²) in [6.07, 6.45) is 7.34. The number of rotatable bonds is 2. The smallest absolute Gasteiger partial charge is 0.243 e. The molecule has 3 N–H and O–H groups in total. The van der Waals surface area contributed by atoms with Crippen LogP contribution in [0.4, 0.5) is 0 Å². The van der Waals surface area contributed by atoms with Gasteiger partial charge >= 0.3 is 0 Å². The van der Waals surface area contributed by atoms with Gasteiger partial charge in [0.05, 0.1) is 25.2 Å². The van der Waals surface area contributed by atoms with E-state index in [1.807, 2.05) is 29.3 Å². The van der Waals surface area contributed by atoms with Gasteiger partial charge in [-0.25, -0.2) is 0 Å². The summed E-state index contributed by atoms with van der Waals surface area (Å²) in [6, 6.07) is 7.89. The van der Waals surface area contributed by atoms with Crippen molar-refractivity contribution in [3.63, 3.8) is 0 Å². The van der Waals surface area contributed by atoms with Gasteiger partial charge in [0.2, 0.25) is 17.7 Å². The molecule has 2 aromatic rings. The van der Waals surface area contributed by atoms with Crippen molar-refractivity contribution in [1.29, 1.82) is 0 Å². The molecule has 1 aromatic heterocycles. The number of piperidine rings is 1. The standard InChI is InChI=1S/C13H20N4O3.C10H11NO.C4H10/c1-9-6-14-11(18)7-15-12(19)8-16-13(20)10-4-2-3-5-17(9)10;1-8-7-11(12-2)10-6-4-3-5-9(8)10;1-3-4-2/h10H,1-8H2,(H,14,18)(H,15,19)(H,16,20);3-7H,1-2H3;3-4H2,1-2H3. The van der Waals surface area contributed by atoms with Crippen LogP contribution in [0.15, 0.2) is 42.7 Å². The van der Waals surface area contributed by atoms with Gasteiger partial charge in [0, 0.05) is 23.8 Å². The zero-order chi connectivity index (χ0) is 26.5. The van der Waals surface area contributed by atoms with E-state index < -0.39 is 0 Å². The van der Waals surface area contributed by atoms with Crippen LogP contribution < -0.4 is 20.8 Å². The van der Waals surface area contributed by atoms with E-state index in [1.54, 1.807) is 11.8 Å². The number of hydrogen-bond acceptors (Lipinski definition) is 5. The highest BCUT2D eigenvalue weighted by molar-refractivity contribution is 5.90. The topological polar surface area (TPSA) is 105 Å². The molecule has 36 heavy (non-hydrogen) atoms. The van der Waals surface area contributed by atoms with E-state index >= 15 is 0 Å². The number of aryl methyl sites for hydroxylation is 1. The summed E-state index contributed by atoms with van der Waals surface area (Å²) >= 11 is 0. The molecule has 4 rings (SSSR count). The highest BCUT2D eigenvalue weighted by atomic mass is 16.6. The second-order valence-electron chi connectivity index (χ2n) is 8.88. The van der Waals surface area contributed by atoms with Crippen LogP contribution in [0.25, 0.3) is 10.9 Å². The van der Waals surface area contributed by atoms with E-state index in [9.17, 15) is 14.4 Å². The fourth-order valence-corrected chi connectivity index (χ4v) is 3.94. The second-order valence-corrected chi connectivity index (χ2v) is 8.88. The number of unbranched alkanes of at least 4 members (excludes halogenated alkanes) is 1. The van der Waals surface area contributed by atoms with Crippen LogP contribution >= 0.6 is 0 Å². The monoisotopic (exact) mass is 499 g/mol. The Morgan fingerprint density at radius 1 is 0.972 bits per heavy atom. The maximum Gasteiger partial charge on any atom is 0.243 e. The molecule has 2 saturated heterocycles. The third kappa shape index (κ3) is 8.32. The van der Waals surface area contributed by atoms with Crippen LogP contribution in [-0.4, -0.2) is 66.7 Å². The molecule has 0 aliphatic carbocycles. The fourth-order valence-electron chi connectivity index (χ4n) is 3.94. The Bertz CT molecular complexity index is 990. The number of nitrogens with one attached hydrogen (secondary N) is 3. The molecule has 3 amide bonds. The minimum Gasteiger partial charge on any atom is -0.417 e. The summed E-state index contributed by atoms with van der Waals surface area (Å²) < 4.78 is 1.78. The number of para-hydroxylation sites is 1. The molecule has 3 heterocycles. The summed E-state index contributed by atoms with van der Waals surface area (Å²) in [5.41, 5.74) is 3.09. The average molecular weight is 500 g/mol. The van der Waals surface area contributed by atoms with Crippen molar-refractivity contribution >= 4 is 28.6 Å². The van der Waals surface area contributed by atoms with Gasteiger partial charge in [0.15, 0.2) is 0 Å². The largest absolute Gasteiger partial charge is 0.417 e. The van der Waals surface area contributed by atoms with Crippen LogP contribution in [0, 0.1) is 6.92 Å². The zero-order valence-corrected chi connectivity index (χ0v) is 22.1. The lowest BCUT2D eigenvalue weighted by atomic mass is 10.0. The minimum absolute atomic E-state index is 0.0919. The van der Waals surface area contributed by atoms with Crippen LogP contribution in [0.2, 0.25) is 0 Å². The molecule has 0 radical (unpaired) electrons. The molecule has 9 nitrogen and oxygen atoms in total. The van der Waals surface area contributed by atoms with Gasteiger partial charge in [-0.15, -0.1) is 0 Å². The summed E-state index contributed by atoms with van der Waals surface area (Å²) in [5, 5.41) is 9.01. The normalized spacial score (nSPS) is 18.6. The fraction of sp³-hybridized carbons (Fsp3) is 0.519. The molecule has 0 spiro atoms. The van der Waals surface area contributed by atoms with E-state index in [2.05, 4.69) is 49.4 Å². The van der Waals surface area contributed by atoms with Crippen molar-refractivity contribution in [2.24, 2.45) is 0 Å². The molecule has 2 aliphatic heterocycles. The van der Waals surface area contributed by atoms with E-state index in [-0.39, 0.29) is 36.9 Å². The molecule has 2 aliphatic rings. The quantitative estimate of drug-likeness (QED) is 0.589. The molecule has 198 valence electrons. The number of nitrogens with zero attached hydrogens (tertiary/aromatic N) is 2. The zero-order valence-electron chi connectivity index (χ0n) is 22.1. The van der Waals surface area contributed by atoms with Gasteiger partial charge < -0.3 is 25.7 Å². The first-order valence-corrected chi connectivity index (χ1v) is 12.7. The number of hydrogen-bond donors (Lipinski definition) is 3. The van der Waals surface area contributed by atoms with Crippen LogP contribution in [0.1, 0.15) is 51.5 Å². The highest BCUT2D eigenvalue weighted by Gasteiger charge is 2.30. The van der Waals surface area contributed by atoms with Gasteiger partial charge in [-0.1, -0.05) is 51.5 Å². The lowest BCUT2D eigenvalue weighted by Gasteiger charge is -2.37. The van der Waals surface area contributed by atoms with Crippen molar-refractivity contribution in [3.8, 4) is 0 Å². The molecule has 1 unspecified atom stereocenters. The number of carbonyl (C=O) groups excluding carboxylic acids is 3. The molecule has 0 bridgehead atoms. The highest BCUT2D eigenvalue weighted by Crippen LogP contribution is 2.21. The number of amides is 3. The van der Waals surface area contributed by atoms with Gasteiger partial charge in [0.1, 0.15) is 13.2 Å². The van der Waals surface area contributed by atoms with E-state index in [0.29, 0.717) is 6.54 Å². The number of fused-ring (bicyclic) bond motifs is 2. The number of aromatic nitrogens is 1. The SMILES string of the molecule is C=C1CNC(=O)CNC(=O)CNC(=O)C2CCCCN12.CCCC.COn1cc(C)c2ccccc21. The third-order valence-corrected chi connectivity index (χ3v) is 6.14. The Labute approximate surface area is 214 Å². The second kappa shape index (κ2) is 14.8. The number of benzene rings is 1. The van der Waals surface area contributed by atoms with Crippen LogP contribution in [0.5, 0.6) is 0 Å². The first-order valence-electron chi connectivity index (χ1n) is 12.7. The lowest BCUT2D eigenvalue weighted by Crippen LogP contribution is -2.53. The van der Waals surface area contributed by atoms with Crippen molar-refractivity contribution < 1.29 is 19.2 Å². The number of carbonyl (C=O) groups is 3. The molecular formula is C27H41N5O4.